The molecular weight excluding hydrogens is 110 g/mol. The molecule has 0 radical (unpaired) electrons. The van der Waals surface area contributed by atoms with Gasteiger partial charge in [0.25, 0.3) is 0 Å². The second kappa shape index (κ2) is 1.92. The lowest BCUT2D eigenvalue weighted by molar-refractivity contribution is 0.576. The zero-order valence-corrected chi connectivity index (χ0v) is 5.83. The Hall–Kier alpha value is 0.110. The van der Waals surface area contributed by atoms with Crippen molar-refractivity contribution in [3.05, 3.63) is 0 Å². The lowest BCUT2D eigenvalue weighted by Gasteiger charge is -2.05. The fourth-order valence-corrected chi connectivity index (χ4v) is 0. The minimum Gasteiger partial charge on any atom is -0.152 e. The maximum absolute atomic E-state index is 10.4. The van der Waals surface area contributed by atoms with E-state index in [1.54, 1.807) is 0 Å². The molecule has 0 rings (SSSR count). The largest absolute Gasteiger partial charge is 0.152 e. The standard InChI is InChI=1S/C4H11NOS/c1-4(2,3)7(5)6/h1-3H3,(H2,5,6)/p+1. The van der Waals surface area contributed by atoms with Gasteiger partial charge in [0.05, 0.1) is 0 Å². The first-order chi connectivity index (χ1) is 2.94. The Morgan fingerprint density at radius 2 is 1.57 bits per heavy atom. The molecule has 0 aromatic carbocycles. The SMILES string of the molecule is CC(C)(C)[SH+](N)=O. The Kier molecular flexibility index (Phi) is 1.95. The number of hydrogen-bond acceptors (Lipinski definition) is 1. The molecule has 2 N–H and O–H groups in total. The monoisotopic (exact) mass is 122 g/mol. The van der Waals surface area contributed by atoms with E-state index in [2.05, 4.69) is 0 Å². The first-order valence-electron chi connectivity index (χ1n) is 2.16. The predicted molar refractivity (Wildman–Crippen MR) is 33.4 cm³/mol. The van der Waals surface area contributed by atoms with Crippen molar-refractivity contribution >= 4 is 11.0 Å². The maximum Gasteiger partial charge on any atom is 0.144 e. The van der Waals surface area contributed by atoms with Crippen molar-refractivity contribution in [2.75, 3.05) is 0 Å². The predicted octanol–water partition coefficient (Wildman–Crippen LogP) is 0.355. The molecular formula is C4H12NOS+. The van der Waals surface area contributed by atoms with Crippen molar-refractivity contribution < 1.29 is 4.21 Å². The van der Waals surface area contributed by atoms with Gasteiger partial charge in [-0.25, -0.2) is 0 Å². The lowest BCUT2D eigenvalue weighted by atomic mass is 10.3. The molecule has 0 heterocycles. The van der Waals surface area contributed by atoms with E-state index in [9.17, 15) is 4.21 Å². The Bertz CT molecular complexity index is 84.2. The van der Waals surface area contributed by atoms with Gasteiger partial charge in [-0.15, -0.1) is 0 Å². The summed E-state index contributed by atoms with van der Waals surface area (Å²) in [5, 5.41) is 5.08. The third kappa shape index (κ3) is 2.76. The van der Waals surface area contributed by atoms with Gasteiger partial charge in [-0.3, -0.25) is 0 Å². The molecule has 1 atom stereocenters. The summed E-state index contributed by atoms with van der Waals surface area (Å²) < 4.78 is 10.2. The Labute approximate surface area is 46.7 Å². The van der Waals surface area contributed by atoms with Crippen LogP contribution in [0.25, 0.3) is 0 Å². The van der Waals surface area contributed by atoms with Crippen LogP contribution in [0.15, 0.2) is 0 Å². The molecule has 0 saturated heterocycles. The molecule has 3 heteroatoms. The number of hydrogen-bond donors (Lipinski definition) is 1. The van der Waals surface area contributed by atoms with Gasteiger partial charge < -0.3 is 0 Å². The Balaban J connectivity index is 3.79. The van der Waals surface area contributed by atoms with E-state index in [0.717, 1.165) is 0 Å². The van der Waals surface area contributed by atoms with Gasteiger partial charge in [-0.1, -0.05) is 4.21 Å². The molecule has 44 valence electrons. The normalized spacial score (nSPS) is 16.6. The van der Waals surface area contributed by atoms with E-state index in [4.69, 9.17) is 5.14 Å². The summed E-state index contributed by atoms with van der Waals surface area (Å²) in [6, 6.07) is 0. The van der Waals surface area contributed by atoms with Crippen LogP contribution in [0.4, 0.5) is 0 Å². The van der Waals surface area contributed by atoms with Crippen molar-refractivity contribution in [2.24, 2.45) is 5.14 Å². The van der Waals surface area contributed by atoms with Crippen LogP contribution in [-0.4, -0.2) is 4.75 Å². The average Bonchev–Trinajstić information content (AvgIpc) is 1.31. The highest BCUT2D eigenvalue weighted by Gasteiger charge is 2.20. The quantitative estimate of drug-likeness (QED) is 0.366. The van der Waals surface area contributed by atoms with Gasteiger partial charge in [0, 0.05) is 0 Å². The van der Waals surface area contributed by atoms with Crippen molar-refractivity contribution in [1.82, 2.24) is 0 Å². The first-order valence-corrected chi connectivity index (χ1v) is 3.49. The van der Waals surface area contributed by atoms with Gasteiger partial charge >= 0.3 is 0 Å². The topological polar surface area (TPSA) is 43.1 Å². The number of nitrogens with two attached hydrogens (primary N) is 1. The Morgan fingerprint density at radius 1 is 1.43 bits per heavy atom. The molecule has 0 aliphatic rings. The van der Waals surface area contributed by atoms with Crippen molar-refractivity contribution in [3.8, 4) is 0 Å². The number of rotatable bonds is 0. The van der Waals surface area contributed by atoms with Gasteiger partial charge in [-0.2, -0.15) is 5.14 Å². The van der Waals surface area contributed by atoms with Crippen LogP contribution in [-0.2, 0) is 15.2 Å². The van der Waals surface area contributed by atoms with Crippen LogP contribution in [0.3, 0.4) is 0 Å². The average molecular weight is 122 g/mol. The molecule has 0 fully saturated rings. The Morgan fingerprint density at radius 3 is 1.57 bits per heavy atom. The molecule has 0 spiro atoms. The van der Waals surface area contributed by atoms with Crippen LogP contribution in [0.1, 0.15) is 20.8 Å². The van der Waals surface area contributed by atoms with E-state index in [-0.39, 0.29) is 4.75 Å². The van der Waals surface area contributed by atoms with Crippen LogP contribution in [0, 0.1) is 0 Å². The summed E-state index contributed by atoms with van der Waals surface area (Å²) in [6.45, 7) is 5.56. The molecule has 0 aliphatic carbocycles. The molecule has 0 amide bonds. The fourth-order valence-electron chi connectivity index (χ4n) is 0. The minimum absolute atomic E-state index is 0.213. The van der Waals surface area contributed by atoms with E-state index >= 15 is 0 Å². The summed E-state index contributed by atoms with van der Waals surface area (Å²) in [6.07, 6.45) is 0. The van der Waals surface area contributed by atoms with Gasteiger partial charge in [-0.05, 0) is 20.8 Å². The summed E-state index contributed by atoms with van der Waals surface area (Å²) >= 11 is 0. The van der Waals surface area contributed by atoms with Gasteiger partial charge in [0.2, 0.25) is 0 Å². The summed E-state index contributed by atoms with van der Waals surface area (Å²) in [5.41, 5.74) is 0. The fraction of sp³-hybridized carbons (Fsp3) is 1.00. The summed E-state index contributed by atoms with van der Waals surface area (Å²) in [4.78, 5) is 0. The van der Waals surface area contributed by atoms with Gasteiger partial charge in [0.1, 0.15) is 15.7 Å². The molecule has 0 saturated carbocycles. The summed E-state index contributed by atoms with van der Waals surface area (Å²) in [7, 11) is -1.49. The molecule has 7 heavy (non-hydrogen) atoms. The third-order valence-electron chi connectivity index (χ3n) is 0.661. The van der Waals surface area contributed by atoms with E-state index in [1.807, 2.05) is 20.8 Å². The van der Waals surface area contributed by atoms with Crippen LogP contribution < -0.4 is 5.14 Å². The van der Waals surface area contributed by atoms with E-state index in [1.165, 1.54) is 0 Å². The summed E-state index contributed by atoms with van der Waals surface area (Å²) in [5.74, 6) is 0. The van der Waals surface area contributed by atoms with Crippen molar-refractivity contribution in [3.63, 3.8) is 0 Å². The van der Waals surface area contributed by atoms with Crippen LogP contribution >= 0.6 is 0 Å². The molecule has 2 nitrogen and oxygen atoms in total. The van der Waals surface area contributed by atoms with Crippen LogP contribution in [0.5, 0.6) is 0 Å². The van der Waals surface area contributed by atoms with Crippen LogP contribution in [0.2, 0.25) is 0 Å². The zero-order valence-electron chi connectivity index (χ0n) is 4.93. The second-order valence-corrected chi connectivity index (χ2v) is 4.49. The first kappa shape index (κ1) is 7.11. The highest BCUT2D eigenvalue weighted by molar-refractivity contribution is 7.84. The van der Waals surface area contributed by atoms with E-state index in [0.29, 0.717) is 0 Å². The smallest absolute Gasteiger partial charge is 0.144 e. The molecule has 0 aliphatic heterocycles. The maximum atomic E-state index is 10.4. The molecule has 0 aromatic rings. The number of thiol groups is 1. The highest BCUT2D eigenvalue weighted by Crippen LogP contribution is 2.05. The second-order valence-electron chi connectivity index (χ2n) is 2.50. The molecule has 1 unspecified atom stereocenters. The molecule has 0 bridgehead atoms. The molecule has 0 aromatic heterocycles. The lowest BCUT2D eigenvalue weighted by Crippen LogP contribution is -2.26. The zero-order chi connectivity index (χ0) is 6.08. The minimum atomic E-state index is -1.49. The highest BCUT2D eigenvalue weighted by atomic mass is 32.2. The van der Waals surface area contributed by atoms with Crippen molar-refractivity contribution in [1.29, 1.82) is 0 Å². The van der Waals surface area contributed by atoms with E-state index < -0.39 is 11.0 Å². The van der Waals surface area contributed by atoms with Crippen molar-refractivity contribution in [2.45, 2.75) is 25.5 Å². The third-order valence-corrected chi connectivity index (χ3v) is 1.98. The van der Waals surface area contributed by atoms with Gasteiger partial charge in [0.15, 0.2) is 0 Å².